The second-order valence-corrected chi connectivity index (χ2v) is 7.71. The van der Waals surface area contributed by atoms with Gasteiger partial charge in [-0.2, -0.15) is 0 Å². The molecule has 124 valence electrons. The predicted molar refractivity (Wildman–Crippen MR) is 84.7 cm³/mol. The second kappa shape index (κ2) is 7.88. The maximum Gasteiger partial charge on any atom is 0.324 e. The van der Waals surface area contributed by atoms with Gasteiger partial charge in [0, 0.05) is 7.11 Å². The SMILES string of the molecule is COCP(=O)(NC(C)(C(=O)O)C(C)C)OCc1ccccc1. The summed E-state index contributed by atoms with van der Waals surface area (Å²) in [5.74, 6) is -1.36. The first-order valence-electron chi connectivity index (χ1n) is 7.03. The zero-order valence-electron chi connectivity index (χ0n) is 13.4. The Morgan fingerprint density at radius 1 is 1.36 bits per heavy atom. The van der Waals surface area contributed by atoms with Crippen LogP contribution in [0.1, 0.15) is 26.3 Å². The van der Waals surface area contributed by atoms with Gasteiger partial charge in [-0.1, -0.05) is 44.2 Å². The smallest absolute Gasteiger partial charge is 0.324 e. The molecular formula is C15H24NO5P. The van der Waals surface area contributed by atoms with E-state index in [9.17, 15) is 14.5 Å². The van der Waals surface area contributed by atoms with Crippen LogP contribution >= 0.6 is 7.52 Å². The third-order valence-electron chi connectivity index (χ3n) is 3.58. The fourth-order valence-electron chi connectivity index (χ4n) is 1.80. The van der Waals surface area contributed by atoms with E-state index in [1.807, 2.05) is 30.3 Å². The summed E-state index contributed by atoms with van der Waals surface area (Å²) in [6, 6.07) is 9.26. The van der Waals surface area contributed by atoms with Crippen LogP contribution in [0.2, 0.25) is 0 Å². The van der Waals surface area contributed by atoms with Crippen molar-refractivity contribution >= 4 is 13.5 Å². The maximum atomic E-state index is 12.9. The van der Waals surface area contributed by atoms with Crippen LogP contribution in [0.25, 0.3) is 0 Å². The highest BCUT2D eigenvalue weighted by Gasteiger charge is 2.43. The summed E-state index contributed by atoms with van der Waals surface area (Å²) in [6.45, 7) is 5.10. The zero-order chi connectivity index (χ0) is 16.8. The zero-order valence-corrected chi connectivity index (χ0v) is 14.3. The first-order chi connectivity index (χ1) is 10.2. The molecule has 1 aromatic carbocycles. The number of nitrogens with one attached hydrogen (secondary N) is 1. The highest BCUT2D eigenvalue weighted by molar-refractivity contribution is 7.56. The standard InChI is InChI=1S/C15H24NO5P/c1-12(2)15(3,14(17)18)16-22(19,11-20-4)21-10-13-8-6-5-7-9-13/h5-9,12H,10-11H2,1-4H3,(H,16,19)(H,17,18). The summed E-state index contributed by atoms with van der Waals surface area (Å²) in [5.41, 5.74) is -0.521. The largest absolute Gasteiger partial charge is 0.480 e. The Hall–Kier alpha value is -1.20. The molecule has 2 unspecified atom stereocenters. The molecule has 1 rings (SSSR count). The summed E-state index contributed by atoms with van der Waals surface area (Å²) >= 11 is 0. The van der Waals surface area contributed by atoms with E-state index < -0.39 is 19.0 Å². The normalized spacial score (nSPS) is 17.0. The number of hydrogen-bond donors (Lipinski definition) is 2. The molecule has 2 atom stereocenters. The lowest BCUT2D eigenvalue weighted by atomic mass is 9.90. The Kier molecular flexibility index (Phi) is 6.75. The average molecular weight is 329 g/mol. The van der Waals surface area contributed by atoms with Crippen molar-refractivity contribution in [3.05, 3.63) is 35.9 Å². The Balaban J connectivity index is 2.90. The maximum absolute atomic E-state index is 12.9. The lowest BCUT2D eigenvalue weighted by Gasteiger charge is -2.34. The highest BCUT2D eigenvalue weighted by atomic mass is 31.2. The number of ether oxygens (including phenoxy) is 1. The minimum Gasteiger partial charge on any atom is -0.480 e. The van der Waals surface area contributed by atoms with Crippen LogP contribution in [0.5, 0.6) is 0 Å². The van der Waals surface area contributed by atoms with Crippen LogP contribution in [0, 0.1) is 5.92 Å². The first-order valence-corrected chi connectivity index (χ1v) is 8.84. The van der Waals surface area contributed by atoms with Crippen molar-refractivity contribution in [1.29, 1.82) is 0 Å². The Labute approximate surface area is 131 Å². The van der Waals surface area contributed by atoms with Crippen LogP contribution in [0.15, 0.2) is 30.3 Å². The molecule has 0 saturated carbocycles. The monoisotopic (exact) mass is 329 g/mol. The molecule has 0 heterocycles. The summed E-state index contributed by atoms with van der Waals surface area (Å²) in [6.07, 6.45) is -0.199. The van der Waals surface area contributed by atoms with Crippen molar-refractivity contribution in [3.63, 3.8) is 0 Å². The molecule has 1 aromatic rings. The summed E-state index contributed by atoms with van der Waals surface area (Å²) in [5, 5.41) is 12.1. The van der Waals surface area contributed by atoms with Crippen molar-refractivity contribution in [2.75, 3.05) is 13.5 Å². The summed E-state index contributed by atoms with van der Waals surface area (Å²) in [7, 11) is -2.07. The van der Waals surface area contributed by atoms with Gasteiger partial charge < -0.3 is 14.4 Å². The molecule has 6 nitrogen and oxygen atoms in total. The minimum absolute atomic E-state index is 0.113. The Morgan fingerprint density at radius 3 is 2.41 bits per heavy atom. The van der Waals surface area contributed by atoms with Crippen molar-refractivity contribution in [2.24, 2.45) is 5.92 Å². The van der Waals surface area contributed by atoms with Crippen LogP contribution in [-0.4, -0.2) is 30.1 Å². The second-order valence-electron chi connectivity index (χ2n) is 5.62. The molecule has 0 radical (unpaired) electrons. The van der Waals surface area contributed by atoms with Gasteiger partial charge in [0.15, 0.2) is 0 Å². The predicted octanol–water partition coefficient (Wildman–Crippen LogP) is 3.09. The van der Waals surface area contributed by atoms with Gasteiger partial charge in [-0.15, -0.1) is 0 Å². The number of carboxylic acids is 1. The fraction of sp³-hybridized carbons (Fsp3) is 0.533. The number of aliphatic carboxylic acids is 1. The van der Waals surface area contributed by atoms with E-state index in [0.29, 0.717) is 0 Å². The number of carbonyl (C=O) groups is 1. The molecule has 7 heteroatoms. The molecule has 0 aliphatic heterocycles. The van der Waals surface area contributed by atoms with Gasteiger partial charge >= 0.3 is 5.97 Å². The minimum atomic E-state index is -3.47. The molecule has 2 N–H and O–H groups in total. The van der Waals surface area contributed by atoms with Crippen LogP contribution in [0.4, 0.5) is 0 Å². The van der Waals surface area contributed by atoms with E-state index in [1.165, 1.54) is 14.0 Å². The third kappa shape index (κ3) is 4.92. The van der Waals surface area contributed by atoms with Crippen molar-refractivity contribution in [3.8, 4) is 0 Å². The van der Waals surface area contributed by atoms with Gasteiger partial charge in [0.1, 0.15) is 11.9 Å². The molecule has 0 aliphatic rings. The van der Waals surface area contributed by atoms with Crippen molar-refractivity contribution in [1.82, 2.24) is 5.09 Å². The molecular weight excluding hydrogens is 305 g/mol. The van der Waals surface area contributed by atoms with E-state index >= 15 is 0 Å². The van der Waals surface area contributed by atoms with E-state index in [4.69, 9.17) is 9.26 Å². The van der Waals surface area contributed by atoms with Crippen molar-refractivity contribution in [2.45, 2.75) is 32.9 Å². The number of benzene rings is 1. The number of methoxy groups -OCH3 is 1. The van der Waals surface area contributed by atoms with E-state index in [0.717, 1.165) is 5.56 Å². The van der Waals surface area contributed by atoms with Crippen LogP contribution in [0.3, 0.4) is 0 Å². The number of rotatable bonds is 9. The quantitative estimate of drug-likeness (QED) is 0.677. The molecule has 0 aromatic heterocycles. The van der Waals surface area contributed by atoms with E-state index in [1.54, 1.807) is 13.8 Å². The van der Waals surface area contributed by atoms with E-state index in [-0.39, 0.29) is 18.9 Å². The lowest BCUT2D eigenvalue weighted by molar-refractivity contribution is -0.145. The van der Waals surface area contributed by atoms with Gasteiger partial charge in [0.25, 0.3) is 7.52 Å². The number of carboxylic acid groups (broad SMARTS) is 1. The third-order valence-corrected chi connectivity index (χ3v) is 5.53. The molecule has 0 spiro atoms. The highest BCUT2D eigenvalue weighted by Crippen LogP contribution is 2.46. The number of hydrogen-bond acceptors (Lipinski definition) is 4. The van der Waals surface area contributed by atoms with Gasteiger partial charge in [-0.05, 0) is 18.4 Å². The molecule has 0 bridgehead atoms. The molecule has 0 aliphatic carbocycles. The van der Waals surface area contributed by atoms with E-state index in [2.05, 4.69) is 5.09 Å². The topological polar surface area (TPSA) is 84.9 Å². The molecule has 0 saturated heterocycles. The lowest BCUT2D eigenvalue weighted by Crippen LogP contribution is -2.52. The molecule has 22 heavy (non-hydrogen) atoms. The van der Waals surface area contributed by atoms with Gasteiger partial charge in [-0.3, -0.25) is 9.36 Å². The molecule has 0 fully saturated rings. The van der Waals surface area contributed by atoms with Gasteiger partial charge in [0.05, 0.1) is 6.61 Å². The Morgan fingerprint density at radius 2 is 1.95 bits per heavy atom. The summed E-state index contributed by atoms with van der Waals surface area (Å²) in [4.78, 5) is 11.5. The van der Waals surface area contributed by atoms with Crippen LogP contribution in [-0.2, 0) is 25.2 Å². The van der Waals surface area contributed by atoms with Gasteiger partial charge in [0.2, 0.25) is 0 Å². The Bertz CT molecular complexity index is 534. The summed E-state index contributed by atoms with van der Waals surface area (Å²) < 4.78 is 23.4. The first kappa shape index (κ1) is 18.8. The molecule has 0 amide bonds. The average Bonchev–Trinajstić information content (AvgIpc) is 2.46. The fourth-order valence-corrected chi connectivity index (χ4v) is 3.77. The van der Waals surface area contributed by atoms with Crippen LogP contribution < -0.4 is 5.09 Å². The van der Waals surface area contributed by atoms with Gasteiger partial charge in [-0.25, -0.2) is 5.09 Å². The van der Waals surface area contributed by atoms with Crippen molar-refractivity contribution < 1.29 is 23.7 Å².